The van der Waals surface area contributed by atoms with Crippen LogP contribution in [-0.2, 0) is 21.9 Å². The van der Waals surface area contributed by atoms with Gasteiger partial charge in [0.15, 0.2) is 0 Å². The van der Waals surface area contributed by atoms with Crippen LogP contribution >= 0.6 is 11.8 Å². The molecular weight excluding hydrogens is 422 g/mol. The number of imide groups is 1. The third kappa shape index (κ3) is 4.41. The molecule has 0 N–H and O–H groups in total. The lowest BCUT2D eigenvalue weighted by molar-refractivity contribution is -0.137. The molecule has 162 valence electrons. The molecule has 1 aliphatic rings. The molecule has 0 saturated heterocycles. The summed E-state index contributed by atoms with van der Waals surface area (Å²) in [5.41, 5.74) is 2.98. The van der Waals surface area contributed by atoms with Crippen molar-refractivity contribution in [1.82, 2.24) is 4.90 Å². The number of hydrogen-bond donors (Lipinski definition) is 0. The minimum absolute atomic E-state index is 0.150. The first-order valence-electron chi connectivity index (χ1n) is 10.2. The second kappa shape index (κ2) is 9.75. The van der Waals surface area contributed by atoms with Gasteiger partial charge in [0.2, 0.25) is 0 Å². The van der Waals surface area contributed by atoms with Crippen molar-refractivity contribution in [3.63, 3.8) is 0 Å². The summed E-state index contributed by atoms with van der Waals surface area (Å²) in [4.78, 5) is 28.6. The third-order valence-electron chi connectivity index (χ3n) is 5.25. The van der Waals surface area contributed by atoms with E-state index in [4.69, 9.17) is 9.47 Å². The number of benzene rings is 3. The summed E-state index contributed by atoms with van der Waals surface area (Å²) in [6.45, 7) is 0.150. The number of thioether (sulfide) groups is 1. The summed E-state index contributed by atoms with van der Waals surface area (Å²) in [7, 11) is 3.17. The molecule has 1 aliphatic heterocycles. The molecule has 0 spiro atoms. The predicted molar refractivity (Wildman–Crippen MR) is 126 cm³/mol. The molecule has 0 fully saturated rings. The molecule has 2 amide bonds. The molecule has 0 saturated carbocycles. The fourth-order valence-electron chi connectivity index (χ4n) is 3.58. The van der Waals surface area contributed by atoms with Crippen molar-refractivity contribution in [3.05, 3.63) is 100 Å². The fourth-order valence-corrected chi connectivity index (χ4v) is 4.66. The Morgan fingerprint density at radius 3 is 2.16 bits per heavy atom. The molecule has 6 heteroatoms. The standard InChI is InChI=1S/C26H23NO4S/c1-30-21-14-12-19(13-15-21)23-24(32-17-18-8-4-3-5-9-18)26(29)27(25(23)28)16-20-10-6-7-11-22(20)31-2/h3-15H,16-17H2,1-2H3. The Kier molecular flexibility index (Phi) is 6.61. The first kappa shape index (κ1) is 21.7. The van der Waals surface area contributed by atoms with Gasteiger partial charge in [-0.05, 0) is 29.3 Å². The second-order valence-electron chi connectivity index (χ2n) is 7.22. The van der Waals surface area contributed by atoms with Gasteiger partial charge in [-0.25, -0.2) is 0 Å². The van der Waals surface area contributed by atoms with Gasteiger partial charge in [0.25, 0.3) is 11.8 Å². The Balaban J connectivity index is 1.68. The highest BCUT2D eigenvalue weighted by atomic mass is 32.2. The largest absolute Gasteiger partial charge is 0.497 e. The molecule has 0 radical (unpaired) electrons. The minimum atomic E-state index is -0.304. The number of rotatable bonds is 8. The molecule has 0 atom stereocenters. The predicted octanol–water partition coefficient (Wildman–Crippen LogP) is 4.92. The Hall–Kier alpha value is -3.51. The third-order valence-corrected chi connectivity index (χ3v) is 6.40. The zero-order chi connectivity index (χ0) is 22.5. The average Bonchev–Trinajstić information content (AvgIpc) is 3.08. The molecule has 32 heavy (non-hydrogen) atoms. The van der Waals surface area contributed by atoms with Gasteiger partial charge in [-0.2, -0.15) is 0 Å². The summed E-state index contributed by atoms with van der Waals surface area (Å²) in [6.07, 6.45) is 0. The zero-order valence-electron chi connectivity index (χ0n) is 17.9. The van der Waals surface area contributed by atoms with Gasteiger partial charge in [-0.1, -0.05) is 60.7 Å². The van der Waals surface area contributed by atoms with Crippen molar-refractivity contribution in [2.75, 3.05) is 14.2 Å². The van der Waals surface area contributed by atoms with Crippen LogP contribution in [0.2, 0.25) is 0 Å². The minimum Gasteiger partial charge on any atom is -0.497 e. The van der Waals surface area contributed by atoms with Crippen LogP contribution in [0, 0.1) is 0 Å². The quantitative estimate of drug-likeness (QED) is 0.461. The van der Waals surface area contributed by atoms with Crippen molar-refractivity contribution in [2.24, 2.45) is 0 Å². The number of ether oxygens (including phenoxy) is 2. The molecule has 0 aromatic heterocycles. The van der Waals surface area contributed by atoms with Crippen molar-refractivity contribution < 1.29 is 19.1 Å². The molecule has 0 unspecified atom stereocenters. The topological polar surface area (TPSA) is 55.8 Å². The van der Waals surface area contributed by atoms with Gasteiger partial charge in [-0.3, -0.25) is 14.5 Å². The zero-order valence-corrected chi connectivity index (χ0v) is 18.7. The van der Waals surface area contributed by atoms with E-state index in [2.05, 4.69) is 0 Å². The first-order valence-corrected chi connectivity index (χ1v) is 11.1. The van der Waals surface area contributed by atoms with Crippen molar-refractivity contribution >= 4 is 29.1 Å². The summed E-state index contributed by atoms with van der Waals surface area (Å²) in [6, 6.07) is 24.5. The van der Waals surface area contributed by atoms with Crippen molar-refractivity contribution in [1.29, 1.82) is 0 Å². The van der Waals surface area contributed by atoms with E-state index in [0.29, 0.717) is 33.3 Å². The van der Waals surface area contributed by atoms with Crippen LogP contribution in [0.15, 0.2) is 83.8 Å². The van der Waals surface area contributed by atoms with Crippen LogP contribution in [0.4, 0.5) is 0 Å². The van der Waals surface area contributed by atoms with Gasteiger partial charge in [0.05, 0.1) is 31.2 Å². The van der Waals surface area contributed by atoms with Gasteiger partial charge < -0.3 is 9.47 Å². The van der Waals surface area contributed by atoms with Gasteiger partial charge in [-0.15, -0.1) is 11.8 Å². The summed E-state index contributed by atoms with van der Waals surface area (Å²) in [5, 5.41) is 0. The summed E-state index contributed by atoms with van der Waals surface area (Å²) < 4.78 is 10.7. The lowest BCUT2D eigenvalue weighted by Crippen LogP contribution is -2.31. The molecule has 0 bridgehead atoms. The molecule has 5 nitrogen and oxygen atoms in total. The van der Waals surface area contributed by atoms with Crippen LogP contribution < -0.4 is 9.47 Å². The summed E-state index contributed by atoms with van der Waals surface area (Å²) >= 11 is 1.39. The number of carbonyl (C=O) groups is 2. The second-order valence-corrected chi connectivity index (χ2v) is 8.20. The van der Waals surface area contributed by atoms with Crippen LogP contribution in [-0.4, -0.2) is 30.9 Å². The normalized spacial score (nSPS) is 13.6. The van der Waals surface area contributed by atoms with E-state index >= 15 is 0 Å². The van der Waals surface area contributed by atoms with E-state index in [-0.39, 0.29) is 18.4 Å². The Morgan fingerprint density at radius 1 is 0.781 bits per heavy atom. The first-order chi connectivity index (χ1) is 15.6. The van der Waals surface area contributed by atoms with Crippen molar-refractivity contribution in [2.45, 2.75) is 12.3 Å². The maximum atomic E-state index is 13.5. The van der Waals surface area contributed by atoms with Gasteiger partial charge >= 0.3 is 0 Å². The fraction of sp³-hybridized carbons (Fsp3) is 0.154. The van der Waals surface area contributed by atoms with E-state index < -0.39 is 0 Å². The number of hydrogen-bond acceptors (Lipinski definition) is 5. The number of para-hydroxylation sites is 1. The average molecular weight is 446 g/mol. The molecule has 1 heterocycles. The van der Waals surface area contributed by atoms with Crippen LogP contribution in [0.1, 0.15) is 16.7 Å². The SMILES string of the molecule is COc1ccc(C2=C(SCc3ccccc3)C(=O)N(Cc3ccccc3OC)C2=O)cc1. The smallest absolute Gasteiger partial charge is 0.268 e. The van der Waals surface area contributed by atoms with Gasteiger partial charge in [0.1, 0.15) is 11.5 Å². The number of nitrogens with zero attached hydrogens (tertiary/aromatic N) is 1. The molecule has 0 aliphatic carbocycles. The van der Waals surface area contributed by atoms with Gasteiger partial charge in [0, 0.05) is 11.3 Å². The Morgan fingerprint density at radius 2 is 1.47 bits per heavy atom. The Labute approximate surface area is 191 Å². The highest BCUT2D eigenvalue weighted by molar-refractivity contribution is 8.03. The van der Waals surface area contributed by atoms with E-state index in [1.54, 1.807) is 26.4 Å². The van der Waals surface area contributed by atoms with Crippen molar-refractivity contribution in [3.8, 4) is 11.5 Å². The highest BCUT2D eigenvalue weighted by Gasteiger charge is 2.39. The van der Waals surface area contributed by atoms with Crippen LogP contribution in [0.25, 0.3) is 5.57 Å². The molecule has 3 aromatic carbocycles. The van der Waals surface area contributed by atoms with Crippen LogP contribution in [0.3, 0.4) is 0 Å². The van der Waals surface area contributed by atoms with E-state index in [0.717, 1.165) is 11.1 Å². The lowest BCUT2D eigenvalue weighted by Gasteiger charge is -2.17. The molecule has 3 aromatic rings. The maximum absolute atomic E-state index is 13.5. The monoisotopic (exact) mass is 445 g/mol. The van der Waals surface area contributed by atoms with E-state index in [9.17, 15) is 9.59 Å². The summed E-state index contributed by atoms with van der Waals surface area (Å²) in [5.74, 6) is 1.34. The molecular formula is C26H23NO4S. The number of methoxy groups -OCH3 is 2. The molecule has 4 rings (SSSR count). The number of amides is 2. The van der Waals surface area contributed by atoms with Crippen LogP contribution in [0.5, 0.6) is 11.5 Å². The maximum Gasteiger partial charge on any atom is 0.268 e. The Bertz CT molecular complexity index is 1160. The lowest BCUT2D eigenvalue weighted by atomic mass is 10.1. The number of carbonyl (C=O) groups excluding carboxylic acids is 2. The highest BCUT2D eigenvalue weighted by Crippen LogP contribution is 2.39. The van der Waals surface area contributed by atoms with E-state index in [1.807, 2.05) is 66.7 Å². The van der Waals surface area contributed by atoms with E-state index in [1.165, 1.54) is 16.7 Å².